The lowest BCUT2D eigenvalue weighted by molar-refractivity contribution is -0.137. The van der Waals surface area contributed by atoms with Crippen LogP contribution < -0.4 is 5.32 Å². The number of nitrogens with zero attached hydrogens (tertiary/aromatic N) is 1. The van der Waals surface area contributed by atoms with E-state index in [0.29, 0.717) is 6.42 Å². The number of carbonyl (C=O) groups is 2. The van der Waals surface area contributed by atoms with Gasteiger partial charge < -0.3 is 15.3 Å². The van der Waals surface area contributed by atoms with Crippen molar-refractivity contribution < 1.29 is 23.5 Å². The number of nitrogens with one attached hydrogen (secondary N) is 1. The minimum absolute atomic E-state index is 0.0236. The van der Waals surface area contributed by atoms with E-state index >= 15 is 0 Å². The molecule has 0 aliphatic carbocycles. The number of carbonyl (C=O) groups excluding carboxylic acids is 1. The van der Waals surface area contributed by atoms with Crippen molar-refractivity contribution in [3.05, 3.63) is 35.4 Å². The van der Waals surface area contributed by atoms with Gasteiger partial charge in [-0.05, 0) is 12.5 Å². The number of hydrogen-bond acceptors (Lipinski definition) is 2. The SMILES string of the molecule is CN(CCCC(=O)O)C(=O)NCc1ccc(F)cc1F. The van der Waals surface area contributed by atoms with Crippen LogP contribution in [0.3, 0.4) is 0 Å². The molecular weight excluding hydrogens is 270 g/mol. The largest absolute Gasteiger partial charge is 0.481 e. The maximum Gasteiger partial charge on any atom is 0.317 e. The molecule has 0 saturated carbocycles. The molecule has 0 unspecified atom stereocenters. The van der Waals surface area contributed by atoms with Gasteiger partial charge >= 0.3 is 12.0 Å². The van der Waals surface area contributed by atoms with Crippen LogP contribution in [-0.4, -0.2) is 35.6 Å². The van der Waals surface area contributed by atoms with E-state index in [1.54, 1.807) is 0 Å². The molecule has 2 amide bonds. The average Bonchev–Trinajstić information content (AvgIpc) is 2.36. The molecule has 0 aliphatic rings. The van der Waals surface area contributed by atoms with Crippen LogP contribution >= 0.6 is 0 Å². The summed E-state index contributed by atoms with van der Waals surface area (Å²) in [6.07, 6.45) is 0.314. The smallest absolute Gasteiger partial charge is 0.317 e. The fourth-order valence-corrected chi connectivity index (χ4v) is 1.54. The number of halogens is 2. The highest BCUT2D eigenvalue weighted by atomic mass is 19.1. The Bertz CT molecular complexity index is 495. The Balaban J connectivity index is 2.40. The molecule has 1 aromatic carbocycles. The van der Waals surface area contributed by atoms with Gasteiger partial charge in [0.2, 0.25) is 0 Å². The number of benzene rings is 1. The number of rotatable bonds is 6. The molecular formula is C13H16F2N2O3. The highest BCUT2D eigenvalue weighted by molar-refractivity contribution is 5.74. The summed E-state index contributed by atoms with van der Waals surface area (Å²) in [5.74, 6) is -2.32. The molecule has 1 aromatic rings. The zero-order valence-electron chi connectivity index (χ0n) is 11.0. The average molecular weight is 286 g/mol. The third kappa shape index (κ3) is 5.21. The van der Waals surface area contributed by atoms with Crippen LogP contribution in [0.2, 0.25) is 0 Å². The van der Waals surface area contributed by atoms with E-state index < -0.39 is 23.6 Å². The Morgan fingerprint density at radius 1 is 1.35 bits per heavy atom. The summed E-state index contributed by atoms with van der Waals surface area (Å²) < 4.78 is 26.0. The van der Waals surface area contributed by atoms with E-state index in [1.165, 1.54) is 18.0 Å². The maximum atomic E-state index is 13.3. The Hall–Kier alpha value is -2.18. The molecule has 0 spiro atoms. The van der Waals surface area contributed by atoms with Crippen LogP contribution in [-0.2, 0) is 11.3 Å². The van der Waals surface area contributed by atoms with Crippen molar-refractivity contribution in [1.82, 2.24) is 10.2 Å². The van der Waals surface area contributed by atoms with Crippen molar-refractivity contribution >= 4 is 12.0 Å². The van der Waals surface area contributed by atoms with Crippen LogP contribution in [0.1, 0.15) is 18.4 Å². The molecule has 0 bridgehead atoms. The molecule has 110 valence electrons. The fourth-order valence-electron chi connectivity index (χ4n) is 1.54. The summed E-state index contributed by atoms with van der Waals surface area (Å²) in [5.41, 5.74) is 0.179. The van der Waals surface area contributed by atoms with Gasteiger partial charge in [-0.25, -0.2) is 13.6 Å². The second kappa shape index (κ2) is 7.42. The molecule has 2 N–H and O–H groups in total. The Kier molecular flexibility index (Phi) is 5.89. The molecule has 0 heterocycles. The second-order valence-corrected chi connectivity index (χ2v) is 4.31. The number of hydrogen-bond donors (Lipinski definition) is 2. The van der Waals surface area contributed by atoms with Crippen molar-refractivity contribution in [1.29, 1.82) is 0 Å². The molecule has 0 aliphatic heterocycles. The molecule has 0 atom stereocenters. The topological polar surface area (TPSA) is 69.6 Å². The van der Waals surface area contributed by atoms with E-state index in [1.807, 2.05) is 0 Å². The second-order valence-electron chi connectivity index (χ2n) is 4.31. The fraction of sp³-hybridized carbons (Fsp3) is 0.385. The first kappa shape index (κ1) is 15.9. The first-order valence-electron chi connectivity index (χ1n) is 6.05. The number of urea groups is 1. The third-order valence-electron chi connectivity index (χ3n) is 2.68. The number of amides is 2. The van der Waals surface area contributed by atoms with Gasteiger partial charge in [-0.2, -0.15) is 0 Å². The highest BCUT2D eigenvalue weighted by Gasteiger charge is 2.10. The molecule has 1 rings (SSSR count). The normalized spacial score (nSPS) is 10.2. The summed E-state index contributed by atoms with van der Waals surface area (Å²) in [7, 11) is 1.51. The van der Waals surface area contributed by atoms with E-state index in [0.717, 1.165) is 12.1 Å². The number of aliphatic carboxylic acids is 1. The van der Waals surface area contributed by atoms with Crippen molar-refractivity contribution in [2.24, 2.45) is 0 Å². The Labute approximate surface area is 115 Å². The van der Waals surface area contributed by atoms with E-state index in [9.17, 15) is 18.4 Å². The predicted octanol–water partition coefficient (Wildman–Crippen LogP) is 1.97. The summed E-state index contributed by atoms with van der Waals surface area (Å²) in [6, 6.07) is 2.67. The minimum atomic E-state index is -0.924. The van der Waals surface area contributed by atoms with Crippen molar-refractivity contribution in [3.63, 3.8) is 0 Å². The van der Waals surface area contributed by atoms with Crippen LogP contribution in [0.4, 0.5) is 13.6 Å². The molecule has 0 fully saturated rings. The lowest BCUT2D eigenvalue weighted by Gasteiger charge is -2.17. The monoisotopic (exact) mass is 286 g/mol. The van der Waals surface area contributed by atoms with Gasteiger partial charge in [0, 0.05) is 38.2 Å². The minimum Gasteiger partial charge on any atom is -0.481 e. The highest BCUT2D eigenvalue weighted by Crippen LogP contribution is 2.09. The summed E-state index contributed by atoms with van der Waals surface area (Å²) in [4.78, 5) is 23.3. The molecule has 20 heavy (non-hydrogen) atoms. The van der Waals surface area contributed by atoms with Crippen LogP contribution in [0, 0.1) is 11.6 Å². The Morgan fingerprint density at radius 2 is 2.05 bits per heavy atom. The molecule has 0 saturated heterocycles. The van der Waals surface area contributed by atoms with Gasteiger partial charge in [0.05, 0.1) is 0 Å². The Morgan fingerprint density at radius 3 is 2.65 bits per heavy atom. The summed E-state index contributed by atoms with van der Waals surface area (Å²) >= 11 is 0. The van der Waals surface area contributed by atoms with Crippen molar-refractivity contribution in [3.8, 4) is 0 Å². The zero-order valence-corrected chi connectivity index (χ0v) is 11.0. The lowest BCUT2D eigenvalue weighted by Crippen LogP contribution is -2.37. The van der Waals surface area contributed by atoms with E-state index in [2.05, 4.69) is 5.32 Å². The van der Waals surface area contributed by atoms with E-state index in [-0.39, 0.29) is 25.1 Å². The first-order valence-corrected chi connectivity index (χ1v) is 6.05. The molecule has 5 nitrogen and oxygen atoms in total. The molecule has 7 heteroatoms. The quantitative estimate of drug-likeness (QED) is 0.840. The van der Waals surface area contributed by atoms with Gasteiger partial charge in [0.1, 0.15) is 11.6 Å². The number of carboxylic acid groups (broad SMARTS) is 1. The molecule has 0 radical (unpaired) electrons. The van der Waals surface area contributed by atoms with Crippen LogP contribution in [0.15, 0.2) is 18.2 Å². The van der Waals surface area contributed by atoms with Gasteiger partial charge in [0.25, 0.3) is 0 Å². The lowest BCUT2D eigenvalue weighted by atomic mass is 10.2. The standard InChI is InChI=1S/C13H16F2N2O3/c1-17(6-2-3-12(18)19)13(20)16-8-9-4-5-10(14)7-11(9)15/h4-5,7H,2-3,6,8H2,1H3,(H,16,20)(H,18,19). The third-order valence-corrected chi connectivity index (χ3v) is 2.68. The van der Waals surface area contributed by atoms with Gasteiger partial charge in [-0.3, -0.25) is 4.79 Å². The zero-order chi connectivity index (χ0) is 15.1. The molecule has 0 aromatic heterocycles. The maximum absolute atomic E-state index is 13.3. The first-order chi connectivity index (χ1) is 9.40. The number of carboxylic acids is 1. The van der Waals surface area contributed by atoms with Gasteiger partial charge in [-0.1, -0.05) is 6.07 Å². The van der Waals surface area contributed by atoms with Crippen LogP contribution in [0.25, 0.3) is 0 Å². The van der Waals surface area contributed by atoms with E-state index in [4.69, 9.17) is 5.11 Å². The summed E-state index contributed by atoms with van der Waals surface area (Å²) in [6.45, 7) is 0.220. The van der Waals surface area contributed by atoms with Crippen LogP contribution in [0.5, 0.6) is 0 Å². The summed E-state index contributed by atoms with van der Waals surface area (Å²) in [5, 5.41) is 11.0. The van der Waals surface area contributed by atoms with Crippen molar-refractivity contribution in [2.75, 3.05) is 13.6 Å². The predicted molar refractivity (Wildman–Crippen MR) is 68.1 cm³/mol. The van der Waals surface area contributed by atoms with Gasteiger partial charge in [0.15, 0.2) is 0 Å². The van der Waals surface area contributed by atoms with Gasteiger partial charge in [-0.15, -0.1) is 0 Å². The van der Waals surface area contributed by atoms with Crippen molar-refractivity contribution in [2.45, 2.75) is 19.4 Å².